The summed E-state index contributed by atoms with van der Waals surface area (Å²) < 4.78 is 0. The van der Waals surface area contributed by atoms with Crippen LogP contribution in [-0.2, 0) is 0 Å². The minimum atomic E-state index is 1.00. The molecular formula is C16H34N2. The third kappa shape index (κ3) is 8.93. The SMILES string of the molecule is CCCCCCCCNCCCC1CCNCC1. The normalized spacial score (nSPS) is 17.2. The molecule has 1 aliphatic heterocycles. The Kier molecular flexibility index (Phi) is 10.6. The van der Waals surface area contributed by atoms with Gasteiger partial charge < -0.3 is 10.6 Å². The van der Waals surface area contributed by atoms with Gasteiger partial charge in [-0.2, -0.15) is 0 Å². The van der Waals surface area contributed by atoms with E-state index < -0.39 is 0 Å². The molecule has 0 bridgehead atoms. The van der Waals surface area contributed by atoms with E-state index in [4.69, 9.17) is 0 Å². The van der Waals surface area contributed by atoms with Crippen molar-refractivity contribution in [3.63, 3.8) is 0 Å². The number of hydrogen-bond acceptors (Lipinski definition) is 2. The molecule has 108 valence electrons. The van der Waals surface area contributed by atoms with Crippen molar-refractivity contribution < 1.29 is 0 Å². The van der Waals surface area contributed by atoms with E-state index in [1.165, 1.54) is 90.4 Å². The first kappa shape index (κ1) is 16.0. The summed E-state index contributed by atoms with van der Waals surface area (Å²) >= 11 is 0. The maximum atomic E-state index is 3.60. The molecule has 0 aliphatic carbocycles. The van der Waals surface area contributed by atoms with Crippen LogP contribution in [0.2, 0.25) is 0 Å². The van der Waals surface area contributed by atoms with Gasteiger partial charge in [-0.3, -0.25) is 0 Å². The first-order valence-electron chi connectivity index (χ1n) is 8.35. The van der Waals surface area contributed by atoms with Crippen molar-refractivity contribution in [2.75, 3.05) is 26.2 Å². The third-order valence-corrected chi connectivity index (χ3v) is 4.13. The van der Waals surface area contributed by atoms with Crippen LogP contribution in [0.1, 0.15) is 71.1 Å². The molecule has 0 aromatic carbocycles. The fourth-order valence-corrected chi connectivity index (χ4v) is 2.84. The molecule has 0 amide bonds. The fraction of sp³-hybridized carbons (Fsp3) is 1.00. The van der Waals surface area contributed by atoms with Crippen molar-refractivity contribution in [1.82, 2.24) is 10.6 Å². The largest absolute Gasteiger partial charge is 0.317 e. The van der Waals surface area contributed by atoms with Gasteiger partial charge in [0.2, 0.25) is 0 Å². The Labute approximate surface area is 114 Å². The predicted octanol–water partition coefficient (Wildman–Crippen LogP) is 3.72. The molecule has 1 fully saturated rings. The summed E-state index contributed by atoms with van der Waals surface area (Å²) in [5, 5.41) is 7.04. The molecule has 0 spiro atoms. The summed E-state index contributed by atoms with van der Waals surface area (Å²) in [6.07, 6.45) is 14.0. The van der Waals surface area contributed by atoms with Crippen molar-refractivity contribution in [2.24, 2.45) is 5.92 Å². The molecule has 0 unspecified atom stereocenters. The molecule has 0 aromatic rings. The van der Waals surface area contributed by atoms with Crippen LogP contribution in [0.5, 0.6) is 0 Å². The van der Waals surface area contributed by atoms with Crippen LogP contribution in [0.3, 0.4) is 0 Å². The second-order valence-electron chi connectivity index (χ2n) is 5.85. The van der Waals surface area contributed by atoms with Crippen LogP contribution in [0.4, 0.5) is 0 Å². The Balaban J connectivity index is 1.73. The number of unbranched alkanes of at least 4 members (excludes halogenated alkanes) is 5. The van der Waals surface area contributed by atoms with E-state index in [2.05, 4.69) is 17.6 Å². The lowest BCUT2D eigenvalue weighted by atomic mass is 9.93. The number of nitrogens with one attached hydrogen (secondary N) is 2. The Morgan fingerprint density at radius 3 is 2.33 bits per heavy atom. The van der Waals surface area contributed by atoms with Gasteiger partial charge >= 0.3 is 0 Å². The standard InChI is InChI=1S/C16H34N2/c1-2-3-4-5-6-7-12-17-13-8-9-16-10-14-18-15-11-16/h16-18H,2-15H2,1H3. The average Bonchev–Trinajstić information content (AvgIpc) is 2.42. The molecule has 1 rings (SSSR count). The summed E-state index contributed by atoms with van der Waals surface area (Å²) in [5.74, 6) is 1.00. The Morgan fingerprint density at radius 1 is 0.889 bits per heavy atom. The summed E-state index contributed by atoms with van der Waals surface area (Å²) in [5.41, 5.74) is 0. The van der Waals surface area contributed by atoms with Crippen LogP contribution in [-0.4, -0.2) is 26.2 Å². The smallest absolute Gasteiger partial charge is 0.00463 e. The van der Waals surface area contributed by atoms with Gasteiger partial charge in [-0.15, -0.1) is 0 Å². The van der Waals surface area contributed by atoms with Gasteiger partial charge in [0.1, 0.15) is 0 Å². The summed E-state index contributed by atoms with van der Waals surface area (Å²) in [7, 11) is 0. The van der Waals surface area contributed by atoms with E-state index >= 15 is 0 Å². The highest BCUT2D eigenvalue weighted by Crippen LogP contribution is 2.17. The first-order valence-corrected chi connectivity index (χ1v) is 8.35. The van der Waals surface area contributed by atoms with Gasteiger partial charge in [0.15, 0.2) is 0 Å². The van der Waals surface area contributed by atoms with Gasteiger partial charge in [-0.1, -0.05) is 39.0 Å². The first-order chi connectivity index (χ1) is 8.93. The lowest BCUT2D eigenvalue weighted by molar-refractivity contribution is 0.344. The second kappa shape index (κ2) is 12.0. The van der Waals surface area contributed by atoms with Crippen molar-refractivity contribution in [3.8, 4) is 0 Å². The zero-order chi connectivity index (χ0) is 12.9. The molecule has 0 atom stereocenters. The van der Waals surface area contributed by atoms with Crippen LogP contribution in [0, 0.1) is 5.92 Å². The summed E-state index contributed by atoms with van der Waals surface area (Å²) in [6.45, 7) is 7.24. The van der Waals surface area contributed by atoms with Crippen molar-refractivity contribution >= 4 is 0 Å². The van der Waals surface area contributed by atoms with Crippen LogP contribution >= 0.6 is 0 Å². The predicted molar refractivity (Wildman–Crippen MR) is 81.1 cm³/mol. The van der Waals surface area contributed by atoms with Crippen molar-refractivity contribution in [1.29, 1.82) is 0 Å². The van der Waals surface area contributed by atoms with Gasteiger partial charge in [0.25, 0.3) is 0 Å². The highest BCUT2D eigenvalue weighted by Gasteiger charge is 2.11. The second-order valence-corrected chi connectivity index (χ2v) is 5.85. The van der Waals surface area contributed by atoms with E-state index in [9.17, 15) is 0 Å². The molecular weight excluding hydrogens is 220 g/mol. The highest BCUT2D eigenvalue weighted by molar-refractivity contribution is 4.68. The maximum Gasteiger partial charge on any atom is -0.00463 e. The molecule has 2 nitrogen and oxygen atoms in total. The summed E-state index contributed by atoms with van der Waals surface area (Å²) in [6, 6.07) is 0. The molecule has 0 saturated carbocycles. The Morgan fingerprint density at radius 2 is 1.56 bits per heavy atom. The molecule has 1 saturated heterocycles. The molecule has 0 radical (unpaired) electrons. The van der Waals surface area contributed by atoms with Crippen molar-refractivity contribution in [3.05, 3.63) is 0 Å². The van der Waals surface area contributed by atoms with Gasteiger partial charge in [-0.25, -0.2) is 0 Å². The Hall–Kier alpha value is -0.0800. The highest BCUT2D eigenvalue weighted by atomic mass is 14.9. The Bertz CT molecular complexity index is 164. The topological polar surface area (TPSA) is 24.1 Å². The third-order valence-electron chi connectivity index (χ3n) is 4.13. The van der Waals surface area contributed by atoms with E-state index in [1.807, 2.05) is 0 Å². The zero-order valence-corrected chi connectivity index (χ0v) is 12.5. The minimum Gasteiger partial charge on any atom is -0.317 e. The minimum absolute atomic E-state index is 1.00. The molecule has 0 aromatic heterocycles. The van der Waals surface area contributed by atoms with Crippen LogP contribution < -0.4 is 10.6 Å². The van der Waals surface area contributed by atoms with E-state index in [0.29, 0.717) is 0 Å². The van der Waals surface area contributed by atoms with Crippen LogP contribution in [0.25, 0.3) is 0 Å². The zero-order valence-electron chi connectivity index (χ0n) is 12.5. The quantitative estimate of drug-likeness (QED) is 0.549. The number of rotatable bonds is 11. The van der Waals surface area contributed by atoms with E-state index in [0.717, 1.165) is 5.92 Å². The van der Waals surface area contributed by atoms with Crippen molar-refractivity contribution in [2.45, 2.75) is 71.1 Å². The molecule has 18 heavy (non-hydrogen) atoms. The monoisotopic (exact) mass is 254 g/mol. The molecule has 2 N–H and O–H groups in total. The number of piperidine rings is 1. The van der Waals surface area contributed by atoms with E-state index in [-0.39, 0.29) is 0 Å². The molecule has 1 heterocycles. The van der Waals surface area contributed by atoms with Gasteiger partial charge in [0, 0.05) is 0 Å². The summed E-state index contributed by atoms with van der Waals surface area (Å²) in [4.78, 5) is 0. The lowest BCUT2D eigenvalue weighted by Gasteiger charge is -2.22. The van der Waals surface area contributed by atoms with Gasteiger partial charge in [0.05, 0.1) is 0 Å². The van der Waals surface area contributed by atoms with E-state index in [1.54, 1.807) is 0 Å². The molecule has 1 aliphatic rings. The molecule has 2 heteroatoms. The average molecular weight is 254 g/mol. The number of hydrogen-bond donors (Lipinski definition) is 2. The lowest BCUT2D eigenvalue weighted by Crippen LogP contribution is -2.28. The maximum absolute atomic E-state index is 3.60. The van der Waals surface area contributed by atoms with Gasteiger partial charge in [-0.05, 0) is 64.2 Å². The fourth-order valence-electron chi connectivity index (χ4n) is 2.84. The van der Waals surface area contributed by atoms with Crippen LogP contribution in [0.15, 0.2) is 0 Å².